The van der Waals surface area contributed by atoms with Crippen LogP contribution in [0.2, 0.25) is 0 Å². The molecule has 1 amide bonds. The Kier molecular flexibility index (Phi) is 6.87. The van der Waals surface area contributed by atoms with Crippen molar-refractivity contribution in [3.63, 3.8) is 0 Å². The molecule has 0 N–H and O–H groups in total. The molecule has 0 spiro atoms. The lowest BCUT2D eigenvalue weighted by Crippen LogP contribution is -2.53. The van der Waals surface area contributed by atoms with Gasteiger partial charge in [0.25, 0.3) is 0 Å². The van der Waals surface area contributed by atoms with E-state index in [1.165, 1.54) is 11.3 Å². The van der Waals surface area contributed by atoms with Gasteiger partial charge in [0.15, 0.2) is 0 Å². The first kappa shape index (κ1) is 20.7. The van der Waals surface area contributed by atoms with Crippen molar-refractivity contribution in [1.82, 2.24) is 14.7 Å². The normalized spacial score (nSPS) is 18.4. The van der Waals surface area contributed by atoms with Gasteiger partial charge in [-0.25, -0.2) is 0 Å². The average Bonchev–Trinajstić information content (AvgIpc) is 2.81. The highest BCUT2D eigenvalue weighted by Crippen LogP contribution is 2.20. The van der Waals surface area contributed by atoms with E-state index in [1.54, 1.807) is 7.11 Å². The molecule has 6 heteroatoms. The van der Waals surface area contributed by atoms with Gasteiger partial charge in [-0.3, -0.25) is 14.6 Å². The molecule has 2 aromatic carbocycles. The predicted molar refractivity (Wildman–Crippen MR) is 120 cm³/mol. The first-order valence-electron chi connectivity index (χ1n) is 10.9. The Morgan fingerprint density at radius 2 is 1.43 bits per heavy atom. The molecule has 0 bridgehead atoms. The zero-order valence-corrected chi connectivity index (χ0v) is 17.9. The van der Waals surface area contributed by atoms with E-state index in [2.05, 4.69) is 57.2 Å². The van der Waals surface area contributed by atoms with E-state index >= 15 is 0 Å². The Labute approximate surface area is 179 Å². The molecular formula is C24H32N4O2. The molecule has 0 radical (unpaired) electrons. The zero-order valence-electron chi connectivity index (χ0n) is 17.9. The molecule has 160 valence electrons. The summed E-state index contributed by atoms with van der Waals surface area (Å²) in [5.41, 5.74) is 2.55. The molecular weight excluding hydrogens is 376 g/mol. The van der Waals surface area contributed by atoms with E-state index in [4.69, 9.17) is 4.74 Å². The number of nitrogens with zero attached hydrogens (tertiary/aromatic N) is 4. The topological polar surface area (TPSA) is 39.3 Å². The van der Waals surface area contributed by atoms with E-state index in [1.807, 2.05) is 17.0 Å². The predicted octanol–water partition coefficient (Wildman–Crippen LogP) is 2.16. The molecule has 30 heavy (non-hydrogen) atoms. The lowest BCUT2D eigenvalue weighted by Gasteiger charge is -2.38. The molecule has 0 saturated carbocycles. The van der Waals surface area contributed by atoms with Crippen LogP contribution in [0, 0.1) is 0 Å². The first-order valence-corrected chi connectivity index (χ1v) is 10.9. The fraction of sp³-hybridized carbons (Fsp3) is 0.458. The van der Waals surface area contributed by atoms with Crippen LogP contribution in [-0.4, -0.2) is 86.6 Å². The van der Waals surface area contributed by atoms with Crippen molar-refractivity contribution in [2.45, 2.75) is 6.54 Å². The summed E-state index contributed by atoms with van der Waals surface area (Å²) in [6.07, 6.45) is 0. The minimum absolute atomic E-state index is 0.265. The number of hydrogen-bond donors (Lipinski definition) is 0. The van der Waals surface area contributed by atoms with Gasteiger partial charge in [0.2, 0.25) is 5.91 Å². The maximum Gasteiger partial charge on any atom is 0.236 e. The summed E-state index contributed by atoms with van der Waals surface area (Å²) in [4.78, 5) is 21.9. The number of amides is 1. The highest BCUT2D eigenvalue weighted by molar-refractivity contribution is 5.78. The largest absolute Gasteiger partial charge is 0.497 e. The Balaban J connectivity index is 1.19. The SMILES string of the molecule is COc1ccc(N2CCN(C(=O)CN3CCN(Cc4ccccc4)CC3)CC2)cc1. The molecule has 0 aromatic heterocycles. The van der Waals surface area contributed by atoms with Gasteiger partial charge in [-0.2, -0.15) is 0 Å². The Bertz CT molecular complexity index is 796. The summed E-state index contributed by atoms with van der Waals surface area (Å²) < 4.78 is 5.23. The third-order valence-corrected chi connectivity index (χ3v) is 6.14. The van der Waals surface area contributed by atoms with E-state index < -0.39 is 0 Å². The number of hydrogen-bond acceptors (Lipinski definition) is 5. The second kappa shape index (κ2) is 9.96. The number of anilines is 1. The second-order valence-electron chi connectivity index (χ2n) is 8.10. The van der Waals surface area contributed by atoms with Gasteiger partial charge in [0.05, 0.1) is 13.7 Å². The Hall–Kier alpha value is -2.57. The maximum absolute atomic E-state index is 12.8. The third kappa shape index (κ3) is 5.32. The molecule has 4 rings (SSSR count). The highest BCUT2D eigenvalue weighted by atomic mass is 16.5. The minimum Gasteiger partial charge on any atom is -0.497 e. The van der Waals surface area contributed by atoms with Crippen molar-refractivity contribution in [1.29, 1.82) is 0 Å². The molecule has 2 aliphatic rings. The molecule has 2 aromatic rings. The number of carbonyl (C=O) groups is 1. The number of piperazine rings is 2. The molecule has 2 fully saturated rings. The zero-order chi connectivity index (χ0) is 20.8. The van der Waals surface area contributed by atoms with Crippen LogP contribution < -0.4 is 9.64 Å². The van der Waals surface area contributed by atoms with Crippen molar-refractivity contribution < 1.29 is 9.53 Å². The first-order chi connectivity index (χ1) is 14.7. The van der Waals surface area contributed by atoms with Gasteiger partial charge in [-0.1, -0.05) is 30.3 Å². The van der Waals surface area contributed by atoms with E-state index in [9.17, 15) is 4.79 Å². The van der Waals surface area contributed by atoms with Gasteiger partial charge < -0.3 is 14.5 Å². The summed E-state index contributed by atoms with van der Waals surface area (Å²) >= 11 is 0. The quantitative estimate of drug-likeness (QED) is 0.733. The molecule has 0 aliphatic carbocycles. The van der Waals surface area contributed by atoms with Crippen molar-refractivity contribution in [3.05, 3.63) is 60.2 Å². The van der Waals surface area contributed by atoms with Gasteiger partial charge in [-0.15, -0.1) is 0 Å². The number of benzene rings is 2. The van der Waals surface area contributed by atoms with Gasteiger partial charge in [0.1, 0.15) is 5.75 Å². The maximum atomic E-state index is 12.8. The summed E-state index contributed by atoms with van der Waals surface area (Å²) in [6, 6.07) is 18.8. The fourth-order valence-electron chi connectivity index (χ4n) is 4.25. The van der Waals surface area contributed by atoms with Gasteiger partial charge in [-0.05, 0) is 29.8 Å². The van der Waals surface area contributed by atoms with Crippen molar-refractivity contribution in [2.24, 2.45) is 0 Å². The average molecular weight is 409 g/mol. The van der Waals surface area contributed by atoms with E-state index in [-0.39, 0.29) is 5.91 Å². The summed E-state index contributed by atoms with van der Waals surface area (Å²) in [7, 11) is 1.68. The molecule has 0 atom stereocenters. The van der Waals surface area contributed by atoms with E-state index in [0.717, 1.165) is 64.7 Å². The molecule has 6 nitrogen and oxygen atoms in total. The highest BCUT2D eigenvalue weighted by Gasteiger charge is 2.25. The van der Waals surface area contributed by atoms with Gasteiger partial charge >= 0.3 is 0 Å². The molecule has 0 unspecified atom stereocenters. The van der Waals surface area contributed by atoms with Crippen LogP contribution >= 0.6 is 0 Å². The second-order valence-corrected chi connectivity index (χ2v) is 8.10. The molecule has 2 aliphatic heterocycles. The number of rotatable bonds is 6. The third-order valence-electron chi connectivity index (χ3n) is 6.14. The van der Waals surface area contributed by atoms with Crippen LogP contribution in [0.4, 0.5) is 5.69 Å². The smallest absolute Gasteiger partial charge is 0.236 e. The number of methoxy groups -OCH3 is 1. The van der Waals surface area contributed by atoms with Crippen LogP contribution in [-0.2, 0) is 11.3 Å². The number of ether oxygens (including phenoxy) is 1. The monoisotopic (exact) mass is 408 g/mol. The standard InChI is InChI=1S/C24H32N4O2/c1-30-23-9-7-22(8-10-23)27-15-17-28(18-16-27)24(29)20-26-13-11-25(12-14-26)19-21-5-3-2-4-6-21/h2-10H,11-20H2,1H3. The Morgan fingerprint density at radius 1 is 0.800 bits per heavy atom. The minimum atomic E-state index is 0.265. The van der Waals surface area contributed by atoms with Crippen LogP contribution in [0.1, 0.15) is 5.56 Å². The van der Waals surface area contributed by atoms with Crippen molar-refractivity contribution in [2.75, 3.05) is 70.9 Å². The van der Waals surface area contributed by atoms with Crippen LogP contribution in [0.25, 0.3) is 0 Å². The van der Waals surface area contributed by atoms with Crippen LogP contribution in [0.15, 0.2) is 54.6 Å². The molecule has 2 heterocycles. The van der Waals surface area contributed by atoms with Crippen molar-refractivity contribution >= 4 is 11.6 Å². The van der Waals surface area contributed by atoms with Crippen molar-refractivity contribution in [3.8, 4) is 5.75 Å². The summed E-state index contributed by atoms with van der Waals surface area (Å²) in [5.74, 6) is 1.14. The van der Waals surface area contributed by atoms with Crippen LogP contribution in [0.3, 0.4) is 0 Å². The summed E-state index contributed by atoms with van der Waals surface area (Å²) in [5, 5.41) is 0. The van der Waals surface area contributed by atoms with Gasteiger partial charge in [0, 0.05) is 64.6 Å². The van der Waals surface area contributed by atoms with Crippen LogP contribution in [0.5, 0.6) is 5.75 Å². The summed E-state index contributed by atoms with van der Waals surface area (Å²) in [6.45, 7) is 8.84. The lowest BCUT2D eigenvalue weighted by atomic mass is 10.2. The Morgan fingerprint density at radius 3 is 2.07 bits per heavy atom. The van der Waals surface area contributed by atoms with E-state index in [0.29, 0.717) is 6.54 Å². The molecule has 2 saturated heterocycles. The number of carbonyl (C=O) groups excluding carboxylic acids is 1. The fourth-order valence-corrected chi connectivity index (χ4v) is 4.25. The lowest BCUT2D eigenvalue weighted by molar-refractivity contribution is -0.133.